The van der Waals surface area contributed by atoms with Crippen LogP contribution in [0.2, 0.25) is 0 Å². The third kappa shape index (κ3) is 4.69. The molecule has 0 radical (unpaired) electrons. The lowest BCUT2D eigenvalue weighted by molar-refractivity contribution is -0.136. The Hall–Kier alpha value is -3.81. The van der Waals surface area contributed by atoms with Crippen molar-refractivity contribution in [3.05, 3.63) is 76.5 Å². The average molecular weight is 450 g/mol. The molecule has 1 aliphatic heterocycles. The van der Waals surface area contributed by atoms with E-state index in [-0.39, 0.29) is 18.0 Å². The monoisotopic (exact) mass is 450 g/mol. The summed E-state index contributed by atoms with van der Waals surface area (Å²) in [7, 11) is 2.68. The molecule has 0 bridgehead atoms. The Balaban J connectivity index is 1.48. The van der Waals surface area contributed by atoms with Gasteiger partial charge in [0, 0.05) is 11.7 Å². The number of esters is 2. The van der Waals surface area contributed by atoms with E-state index in [0.29, 0.717) is 29.2 Å². The molecule has 8 nitrogen and oxygen atoms in total. The number of amides is 2. The van der Waals surface area contributed by atoms with Gasteiger partial charge in [0.25, 0.3) is 0 Å². The number of ether oxygens (including phenoxy) is 3. The molecule has 1 unspecified atom stereocenters. The van der Waals surface area contributed by atoms with Crippen LogP contribution in [0.25, 0.3) is 0 Å². The molecule has 1 aliphatic carbocycles. The molecular weight excluding hydrogens is 424 g/mol. The maximum atomic E-state index is 12.7. The van der Waals surface area contributed by atoms with E-state index in [4.69, 9.17) is 14.2 Å². The highest BCUT2D eigenvalue weighted by molar-refractivity contribution is 5.95. The Labute approximate surface area is 192 Å². The van der Waals surface area contributed by atoms with E-state index in [2.05, 4.69) is 5.32 Å². The van der Waals surface area contributed by atoms with E-state index in [1.165, 1.54) is 14.2 Å². The van der Waals surface area contributed by atoms with Gasteiger partial charge in [0.1, 0.15) is 12.4 Å². The number of benzene rings is 2. The van der Waals surface area contributed by atoms with Crippen LogP contribution in [0.5, 0.6) is 5.75 Å². The third-order valence-corrected chi connectivity index (χ3v) is 5.84. The number of nitrogens with zero attached hydrogens (tertiary/aromatic N) is 1. The van der Waals surface area contributed by atoms with Crippen LogP contribution >= 0.6 is 0 Å². The number of hydrogen-bond donors (Lipinski definition) is 1. The number of carbonyl (C=O) groups is 3. The summed E-state index contributed by atoms with van der Waals surface area (Å²) < 4.78 is 15.5. The molecule has 1 N–H and O–H groups in total. The van der Waals surface area contributed by atoms with Crippen molar-refractivity contribution < 1.29 is 28.6 Å². The molecule has 2 aromatic carbocycles. The summed E-state index contributed by atoms with van der Waals surface area (Å²) in [6.07, 6.45) is 1.86. The normalized spacial score (nSPS) is 18.0. The molecule has 1 heterocycles. The lowest BCUT2D eigenvalue weighted by Crippen LogP contribution is -2.48. The Kier molecular flexibility index (Phi) is 6.35. The van der Waals surface area contributed by atoms with Gasteiger partial charge in [-0.3, -0.25) is 4.90 Å². The molecule has 2 aromatic rings. The number of methoxy groups -OCH3 is 2. The van der Waals surface area contributed by atoms with Gasteiger partial charge in [-0.25, -0.2) is 14.4 Å². The molecule has 2 aliphatic rings. The number of nitrogens with one attached hydrogen (secondary N) is 1. The molecule has 1 atom stereocenters. The van der Waals surface area contributed by atoms with Crippen molar-refractivity contribution in [1.29, 1.82) is 0 Å². The fourth-order valence-corrected chi connectivity index (χ4v) is 3.93. The van der Waals surface area contributed by atoms with E-state index in [1.54, 1.807) is 48.2 Å². The molecule has 4 rings (SSSR count). The first kappa shape index (κ1) is 22.4. The zero-order chi connectivity index (χ0) is 23.5. The standard InChI is InChI=1S/C25H26N2O6/c1-15-21(24(29)32-3)22(26-25(30)27(15)19-10-11-19)17-8-12-20(13-9-17)33-14-16-4-6-18(7-5-16)23(28)31-2/h4-9,12-13,19,22H,10-11,14H2,1-3H3,(H,26,30). The molecule has 2 amide bonds. The summed E-state index contributed by atoms with van der Waals surface area (Å²) in [5, 5.41) is 2.95. The van der Waals surface area contributed by atoms with Crippen LogP contribution in [0.3, 0.4) is 0 Å². The molecule has 1 fully saturated rings. The smallest absolute Gasteiger partial charge is 0.337 e. The first-order valence-electron chi connectivity index (χ1n) is 10.7. The lowest BCUT2D eigenvalue weighted by atomic mass is 9.94. The zero-order valence-electron chi connectivity index (χ0n) is 18.8. The highest BCUT2D eigenvalue weighted by atomic mass is 16.5. The van der Waals surface area contributed by atoms with E-state index in [0.717, 1.165) is 24.0 Å². The molecule has 33 heavy (non-hydrogen) atoms. The minimum absolute atomic E-state index is 0.142. The Bertz CT molecular complexity index is 1090. The summed E-state index contributed by atoms with van der Waals surface area (Å²) in [6, 6.07) is 13.6. The van der Waals surface area contributed by atoms with Gasteiger partial charge >= 0.3 is 18.0 Å². The lowest BCUT2D eigenvalue weighted by Gasteiger charge is -2.35. The van der Waals surface area contributed by atoms with Crippen LogP contribution in [-0.2, 0) is 20.9 Å². The second-order valence-electron chi connectivity index (χ2n) is 8.02. The molecule has 1 saturated carbocycles. The van der Waals surface area contributed by atoms with Gasteiger partial charge in [-0.1, -0.05) is 24.3 Å². The Morgan fingerprint density at radius 1 is 0.970 bits per heavy atom. The van der Waals surface area contributed by atoms with Crippen LogP contribution in [0.1, 0.15) is 47.3 Å². The highest BCUT2D eigenvalue weighted by Crippen LogP contribution is 2.38. The van der Waals surface area contributed by atoms with Gasteiger partial charge in [-0.05, 0) is 55.2 Å². The second kappa shape index (κ2) is 9.36. The topological polar surface area (TPSA) is 94.2 Å². The highest BCUT2D eigenvalue weighted by Gasteiger charge is 2.42. The summed E-state index contributed by atoms with van der Waals surface area (Å²) >= 11 is 0. The maximum absolute atomic E-state index is 12.7. The van der Waals surface area contributed by atoms with Crippen molar-refractivity contribution in [2.45, 2.75) is 38.5 Å². The predicted molar refractivity (Wildman–Crippen MR) is 119 cm³/mol. The first-order chi connectivity index (χ1) is 15.9. The van der Waals surface area contributed by atoms with E-state index in [1.807, 2.05) is 12.1 Å². The Morgan fingerprint density at radius 3 is 2.18 bits per heavy atom. The van der Waals surface area contributed by atoms with Gasteiger partial charge in [0.15, 0.2) is 0 Å². The largest absolute Gasteiger partial charge is 0.489 e. The molecule has 8 heteroatoms. The van der Waals surface area contributed by atoms with Crippen LogP contribution in [0, 0.1) is 0 Å². The fourth-order valence-electron chi connectivity index (χ4n) is 3.93. The van der Waals surface area contributed by atoms with Crippen molar-refractivity contribution in [2.75, 3.05) is 14.2 Å². The third-order valence-electron chi connectivity index (χ3n) is 5.84. The van der Waals surface area contributed by atoms with Gasteiger partial charge in [-0.15, -0.1) is 0 Å². The average Bonchev–Trinajstić information content (AvgIpc) is 3.67. The van der Waals surface area contributed by atoms with Crippen LogP contribution in [-0.4, -0.2) is 43.1 Å². The summed E-state index contributed by atoms with van der Waals surface area (Å²) in [5.74, 6) is -0.208. The van der Waals surface area contributed by atoms with Gasteiger partial charge in [0.2, 0.25) is 0 Å². The number of allylic oxidation sites excluding steroid dienone is 1. The van der Waals surface area contributed by atoms with E-state index < -0.39 is 12.0 Å². The minimum atomic E-state index is -0.597. The van der Waals surface area contributed by atoms with Crippen LogP contribution < -0.4 is 10.1 Å². The SMILES string of the molecule is COC(=O)C1=C(C)N(C2CC2)C(=O)NC1c1ccc(OCc2ccc(C(=O)OC)cc2)cc1. The van der Waals surface area contributed by atoms with Gasteiger partial charge in [0.05, 0.1) is 31.4 Å². The predicted octanol–water partition coefficient (Wildman–Crippen LogP) is 3.73. The van der Waals surface area contributed by atoms with Gasteiger partial charge in [-0.2, -0.15) is 0 Å². The quantitative estimate of drug-likeness (QED) is 0.646. The van der Waals surface area contributed by atoms with Gasteiger partial charge < -0.3 is 19.5 Å². The van der Waals surface area contributed by atoms with Crippen molar-refractivity contribution in [2.24, 2.45) is 0 Å². The number of urea groups is 1. The van der Waals surface area contributed by atoms with Crippen molar-refractivity contribution in [3.8, 4) is 5.75 Å². The summed E-state index contributed by atoms with van der Waals surface area (Å²) in [6.45, 7) is 2.11. The molecule has 0 saturated heterocycles. The molecule has 0 spiro atoms. The maximum Gasteiger partial charge on any atom is 0.337 e. The minimum Gasteiger partial charge on any atom is -0.489 e. The second-order valence-corrected chi connectivity index (χ2v) is 8.02. The van der Waals surface area contributed by atoms with Crippen molar-refractivity contribution in [3.63, 3.8) is 0 Å². The molecule has 172 valence electrons. The summed E-state index contributed by atoms with van der Waals surface area (Å²) in [5.41, 5.74) is 3.20. The van der Waals surface area contributed by atoms with E-state index in [9.17, 15) is 14.4 Å². The number of hydrogen-bond acceptors (Lipinski definition) is 6. The van der Waals surface area contributed by atoms with Crippen molar-refractivity contribution >= 4 is 18.0 Å². The number of rotatable bonds is 7. The van der Waals surface area contributed by atoms with Crippen molar-refractivity contribution in [1.82, 2.24) is 10.2 Å². The molecule has 0 aromatic heterocycles. The first-order valence-corrected chi connectivity index (χ1v) is 10.7. The molecular formula is C25H26N2O6. The fraction of sp³-hybridized carbons (Fsp3) is 0.320. The zero-order valence-corrected chi connectivity index (χ0v) is 18.8. The van der Waals surface area contributed by atoms with Crippen LogP contribution in [0.15, 0.2) is 59.8 Å². The number of carbonyl (C=O) groups excluding carboxylic acids is 3. The van der Waals surface area contributed by atoms with E-state index >= 15 is 0 Å². The Morgan fingerprint density at radius 2 is 1.61 bits per heavy atom. The van der Waals surface area contributed by atoms with Crippen LogP contribution in [0.4, 0.5) is 4.79 Å². The summed E-state index contributed by atoms with van der Waals surface area (Å²) in [4.78, 5) is 38.5.